The molecule has 0 saturated heterocycles. The first-order valence-electron chi connectivity index (χ1n) is 6.40. The first-order chi connectivity index (χ1) is 7.87. The standard InChI is InChI=1S/C12H24ClNO2S/c1-11(8-13)9-17(15,16)14-10-12(2)6-4-3-5-7-12/h11,14H,3-10H2,1-2H3. The van der Waals surface area contributed by atoms with Crippen molar-refractivity contribution >= 4 is 21.6 Å². The van der Waals surface area contributed by atoms with Crippen molar-refractivity contribution < 1.29 is 8.42 Å². The molecule has 1 unspecified atom stereocenters. The highest BCUT2D eigenvalue weighted by Crippen LogP contribution is 2.35. The number of halogens is 1. The second-order valence-electron chi connectivity index (χ2n) is 5.73. The number of nitrogens with one attached hydrogen (secondary N) is 1. The number of hydrogen-bond donors (Lipinski definition) is 1. The average Bonchev–Trinajstić information content (AvgIpc) is 2.27. The van der Waals surface area contributed by atoms with E-state index in [0.29, 0.717) is 12.4 Å². The summed E-state index contributed by atoms with van der Waals surface area (Å²) in [5, 5.41) is 0. The van der Waals surface area contributed by atoms with Gasteiger partial charge in [0.15, 0.2) is 0 Å². The summed E-state index contributed by atoms with van der Waals surface area (Å²) in [6, 6.07) is 0. The van der Waals surface area contributed by atoms with Crippen molar-refractivity contribution in [3.05, 3.63) is 0 Å². The minimum Gasteiger partial charge on any atom is -0.215 e. The number of alkyl halides is 1. The van der Waals surface area contributed by atoms with E-state index in [-0.39, 0.29) is 17.1 Å². The molecule has 0 aromatic rings. The Morgan fingerprint density at radius 2 is 1.88 bits per heavy atom. The number of hydrogen-bond acceptors (Lipinski definition) is 2. The van der Waals surface area contributed by atoms with Crippen LogP contribution in [0.1, 0.15) is 46.0 Å². The van der Waals surface area contributed by atoms with Gasteiger partial charge in [0.1, 0.15) is 0 Å². The van der Waals surface area contributed by atoms with Crippen LogP contribution in [0, 0.1) is 11.3 Å². The summed E-state index contributed by atoms with van der Waals surface area (Å²) < 4.78 is 26.4. The van der Waals surface area contributed by atoms with Gasteiger partial charge in [0.05, 0.1) is 5.75 Å². The molecule has 5 heteroatoms. The topological polar surface area (TPSA) is 46.2 Å². The molecule has 0 aromatic heterocycles. The quantitative estimate of drug-likeness (QED) is 0.761. The van der Waals surface area contributed by atoms with Crippen LogP contribution in [-0.2, 0) is 10.0 Å². The third kappa shape index (κ3) is 5.58. The highest BCUT2D eigenvalue weighted by Gasteiger charge is 2.28. The molecule has 102 valence electrons. The van der Waals surface area contributed by atoms with Crippen LogP contribution in [0.4, 0.5) is 0 Å². The lowest BCUT2D eigenvalue weighted by molar-refractivity contribution is 0.219. The van der Waals surface area contributed by atoms with E-state index in [9.17, 15) is 8.42 Å². The molecule has 17 heavy (non-hydrogen) atoms. The number of sulfonamides is 1. The van der Waals surface area contributed by atoms with Crippen LogP contribution in [0.15, 0.2) is 0 Å². The first kappa shape index (κ1) is 15.3. The molecular formula is C12H24ClNO2S. The third-order valence-electron chi connectivity index (χ3n) is 3.55. The Morgan fingerprint density at radius 3 is 2.41 bits per heavy atom. The van der Waals surface area contributed by atoms with Gasteiger partial charge in [-0.1, -0.05) is 33.1 Å². The zero-order valence-electron chi connectivity index (χ0n) is 10.8. The van der Waals surface area contributed by atoms with E-state index in [1.54, 1.807) is 0 Å². The van der Waals surface area contributed by atoms with E-state index in [1.165, 1.54) is 19.3 Å². The zero-order chi connectivity index (χ0) is 12.9. The van der Waals surface area contributed by atoms with Crippen LogP contribution in [-0.4, -0.2) is 26.6 Å². The predicted octanol–water partition coefficient (Wildman–Crippen LogP) is 2.75. The Bertz CT molecular complexity index is 323. The summed E-state index contributed by atoms with van der Waals surface area (Å²) in [6.07, 6.45) is 5.97. The Balaban J connectivity index is 2.43. The van der Waals surface area contributed by atoms with Crippen LogP contribution < -0.4 is 4.72 Å². The van der Waals surface area contributed by atoms with Gasteiger partial charge in [0.2, 0.25) is 10.0 Å². The molecule has 1 rings (SSSR count). The minimum atomic E-state index is -3.16. The van der Waals surface area contributed by atoms with Crippen molar-refractivity contribution in [1.29, 1.82) is 0 Å². The van der Waals surface area contributed by atoms with E-state index in [4.69, 9.17) is 11.6 Å². The lowest BCUT2D eigenvalue weighted by Crippen LogP contribution is -2.39. The second kappa shape index (κ2) is 6.39. The Labute approximate surface area is 110 Å². The fourth-order valence-corrected chi connectivity index (χ4v) is 4.14. The molecular weight excluding hydrogens is 258 g/mol. The van der Waals surface area contributed by atoms with Gasteiger partial charge in [-0.2, -0.15) is 0 Å². The van der Waals surface area contributed by atoms with E-state index < -0.39 is 10.0 Å². The Morgan fingerprint density at radius 1 is 1.29 bits per heavy atom. The highest BCUT2D eigenvalue weighted by atomic mass is 35.5. The molecule has 0 bridgehead atoms. The summed E-state index contributed by atoms with van der Waals surface area (Å²) >= 11 is 5.64. The van der Waals surface area contributed by atoms with E-state index in [2.05, 4.69) is 11.6 Å². The van der Waals surface area contributed by atoms with Gasteiger partial charge < -0.3 is 0 Å². The third-order valence-corrected chi connectivity index (χ3v) is 5.67. The molecule has 1 aliphatic carbocycles. The van der Waals surface area contributed by atoms with Gasteiger partial charge in [0, 0.05) is 12.4 Å². The summed E-state index contributed by atoms with van der Waals surface area (Å²) in [5.74, 6) is 0.526. The van der Waals surface area contributed by atoms with Gasteiger partial charge >= 0.3 is 0 Å². The molecule has 1 fully saturated rings. The van der Waals surface area contributed by atoms with Crippen LogP contribution in [0.25, 0.3) is 0 Å². The largest absolute Gasteiger partial charge is 0.215 e. The van der Waals surface area contributed by atoms with Crippen LogP contribution >= 0.6 is 11.6 Å². The second-order valence-corrected chi connectivity index (χ2v) is 7.89. The molecule has 0 aliphatic heterocycles. The zero-order valence-corrected chi connectivity index (χ0v) is 12.4. The molecule has 0 radical (unpaired) electrons. The fraction of sp³-hybridized carbons (Fsp3) is 1.00. The van der Waals surface area contributed by atoms with E-state index >= 15 is 0 Å². The maximum absolute atomic E-state index is 11.8. The molecule has 0 aromatic carbocycles. The molecule has 1 saturated carbocycles. The van der Waals surface area contributed by atoms with Crippen LogP contribution in [0.5, 0.6) is 0 Å². The first-order valence-corrected chi connectivity index (χ1v) is 8.59. The SMILES string of the molecule is CC(CCl)CS(=O)(=O)NCC1(C)CCCCC1. The normalized spacial score (nSPS) is 22.3. The van der Waals surface area contributed by atoms with Gasteiger partial charge in [-0.05, 0) is 24.2 Å². The lowest BCUT2D eigenvalue weighted by atomic mass is 9.76. The van der Waals surface area contributed by atoms with Crippen molar-refractivity contribution in [3.63, 3.8) is 0 Å². The van der Waals surface area contributed by atoms with Crippen molar-refractivity contribution in [2.24, 2.45) is 11.3 Å². The van der Waals surface area contributed by atoms with E-state index in [1.807, 2.05) is 6.92 Å². The molecule has 0 heterocycles. The van der Waals surface area contributed by atoms with Gasteiger partial charge in [0.25, 0.3) is 0 Å². The highest BCUT2D eigenvalue weighted by molar-refractivity contribution is 7.89. The minimum absolute atomic E-state index is 0.00771. The molecule has 1 N–H and O–H groups in total. The monoisotopic (exact) mass is 281 g/mol. The van der Waals surface area contributed by atoms with E-state index in [0.717, 1.165) is 12.8 Å². The molecule has 0 spiro atoms. The van der Waals surface area contributed by atoms with Gasteiger partial charge in [-0.15, -0.1) is 11.6 Å². The fourth-order valence-electron chi connectivity index (χ4n) is 2.34. The summed E-state index contributed by atoms with van der Waals surface area (Å²) in [6.45, 7) is 4.61. The van der Waals surface area contributed by atoms with Crippen molar-refractivity contribution in [2.75, 3.05) is 18.2 Å². The van der Waals surface area contributed by atoms with Crippen molar-refractivity contribution in [1.82, 2.24) is 4.72 Å². The molecule has 1 aliphatic rings. The maximum Gasteiger partial charge on any atom is 0.211 e. The molecule has 1 atom stereocenters. The smallest absolute Gasteiger partial charge is 0.211 e. The molecule has 3 nitrogen and oxygen atoms in total. The van der Waals surface area contributed by atoms with Crippen LogP contribution in [0.3, 0.4) is 0 Å². The Hall–Kier alpha value is 0.200. The van der Waals surface area contributed by atoms with Crippen LogP contribution in [0.2, 0.25) is 0 Å². The number of rotatable bonds is 6. The average molecular weight is 282 g/mol. The van der Waals surface area contributed by atoms with Gasteiger partial charge in [-0.25, -0.2) is 13.1 Å². The lowest BCUT2D eigenvalue weighted by Gasteiger charge is -2.33. The maximum atomic E-state index is 11.8. The van der Waals surface area contributed by atoms with Gasteiger partial charge in [-0.3, -0.25) is 0 Å². The predicted molar refractivity (Wildman–Crippen MR) is 72.9 cm³/mol. The van der Waals surface area contributed by atoms with Crippen molar-refractivity contribution in [3.8, 4) is 0 Å². The molecule has 0 amide bonds. The summed E-state index contributed by atoms with van der Waals surface area (Å²) in [7, 11) is -3.16. The summed E-state index contributed by atoms with van der Waals surface area (Å²) in [4.78, 5) is 0. The van der Waals surface area contributed by atoms with Crippen molar-refractivity contribution in [2.45, 2.75) is 46.0 Å². The summed E-state index contributed by atoms with van der Waals surface area (Å²) in [5.41, 5.74) is 0.148. The Kier molecular flexibility index (Phi) is 5.74.